The lowest BCUT2D eigenvalue weighted by Gasteiger charge is -2.20. The number of rotatable bonds is 6. The van der Waals surface area contributed by atoms with E-state index in [1.54, 1.807) is 36.4 Å². The van der Waals surface area contributed by atoms with Crippen LogP contribution in [0.15, 0.2) is 47.3 Å². The number of aromatic nitrogens is 2. The number of hydrogen-bond acceptors (Lipinski definition) is 5. The summed E-state index contributed by atoms with van der Waals surface area (Å²) < 4.78 is 11.0. The van der Waals surface area contributed by atoms with Crippen LogP contribution in [0.4, 0.5) is 0 Å². The standard InChI is InChI=1S/C22H25N3O4/c1-5-28-16-9-10-18-17(12-16)21(27)24-20(23-18)14-7-6-8-15(11-14)29-13-19(26)25-22(2,3)4/h6-12H,5,13H2,1-4H3,(H,25,26)(H,23,24,27). The summed E-state index contributed by atoms with van der Waals surface area (Å²) in [6.07, 6.45) is 0. The number of nitrogens with zero attached hydrogens (tertiary/aromatic N) is 1. The van der Waals surface area contributed by atoms with Gasteiger partial charge in [0.25, 0.3) is 11.5 Å². The molecule has 1 aromatic heterocycles. The third kappa shape index (κ3) is 5.34. The Morgan fingerprint density at radius 3 is 2.59 bits per heavy atom. The number of carbonyl (C=O) groups is 1. The molecule has 0 atom stereocenters. The first kappa shape index (κ1) is 20.4. The Balaban J connectivity index is 1.83. The van der Waals surface area contributed by atoms with Crippen LogP contribution in [0, 0.1) is 0 Å². The number of amides is 1. The Morgan fingerprint density at radius 2 is 1.86 bits per heavy atom. The SMILES string of the molecule is CCOc1ccc2nc(-c3cccc(OCC(=O)NC(C)(C)C)c3)[nH]c(=O)c2c1. The van der Waals surface area contributed by atoms with Crippen LogP contribution in [0.3, 0.4) is 0 Å². The molecule has 3 rings (SSSR count). The van der Waals surface area contributed by atoms with Crippen LogP contribution < -0.4 is 20.3 Å². The molecule has 0 aliphatic heterocycles. The molecule has 0 saturated carbocycles. The summed E-state index contributed by atoms with van der Waals surface area (Å²) in [4.78, 5) is 31.8. The molecule has 0 radical (unpaired) electrons. The van der Waals surface area contributed by atoms with Crippen molar-refractivity contribution in [2.45, 2.75) is 33.2 Å². The van der Waals surface area contributed by atoms with Gasteiger partial charge in [-0.25, -0.2) is 4.98 Å². The minimum absolute atomic E-state index is 0.0946. The Morgan fingerprint density at radius 1 is 1.10 bits per heavy atom. The van der Waals surface area contributed by atoms with Gasteiger partial charge in [-0.15, -0.1) is 0 Å². The highest BCUT2D eigenvalue weighted by Crippen LogP contribution is 2.23. The zero-order chi connectivity index (χ0) is 21.0. The lowest BCUT2D eigenvalue weighted by atomic mass is 10.1. The summed E-state index contributed by atoms with van der Waals surface area (Å²) in [5, 5.41) is 3.31. The first-order chi connectivity index (χ1) is 13.7. The summed E-state index contributed by atoms with van der Waals surface area (Å²) >= 11 is 0. The second-order valence-electron chi connectivity index (χ2n) is 7.64. The molecule has 0 fully saturated rings. The van der Waals surface area contributed by atoms with Gasteiger partial charge in [-0.05, 0) is 58.0 Å². The predicted molar refractivity (Wildman–Crippen MR) is 112 cm³/mol. The van der Waals surface area contributed by atoms with Gasteiger partial charge < -0.3 is 19.8 Å². The van der Waals surface area contributed by atoms with E-state index in [1.165, 1.54) is 0 Å². The molecule has 1 heterocycles. The molecule has 0 spiro atoms. The summed E-state index contributed by atoms with van der Waals surface area (Å²) in [6.45, 7) is 8.04. The van der Waals surface area contributed by atoms with E-state index in [0.717, 1.165) is 0 Å². The number of nitrogens with one attached hydrogen (secondary N) is 2. The Labute approximate surface area is 169 Å². The predicted octanol–water partition coefficient (Wildman–Crippen LogP) is 3.28. The van der Waals surface area contributed by atoms with Gasteiger partial charge in [0.05, 0.1) is 17.5 Å². The quantitative estimate of drug-likeness (QED) is 0.668. The van der Waals surface area contributed by atoms with Gasteiger partial charge in [-0.2, -0.15) is 0 Å². The molecule has 2 aromatic carbocycles. The second kappa shape index (κ2) is 8.34. The van der Waals surface area contributed by atoms with Crippen molar-refractivity contribution >= 4 is 16.8 Å². The van der Waals surface area contributed by atoms with E-state index < -0.39 is 0 Å². The molecule has 152 valence electrons. The van der Waals surface area contributed by atoms with Crippen LogP contribution in [0.25, 0.3) is 22.3 Å². The fourth-order valence-corrected chi connectivity index (χ4v) is 2.85. The number of hydrogen-bond donors (Lipinski definition) is 2. The smallest absolute Gasteiger partial charge is 0.259 e. The van der Waals surface area contributed by atoms with Crippen molar-refractivity contribution in [3.8, 4) is 22.9 Å². The normalized spacial score (nSPS) is 11.3. The molecule has 29 heavy (non-hydrogen) atoms. The van der Waals surface area contributed by atoms with Crippen LogP contribution in [-0.4, -0.2) is 34.6 Å². The molecule has 7 heteroatoms. The van der Waals surface area contributed by atoms with E-state index >= 15 is 0 Å². The van der Waals surface area contributed by atoms with Gasteiger partial charge >= 0.3 is 0 Å². The van der Waals surface area contributed by atoms with Crippen molar-refractivity contribution < 1.29 is 14.3 Å². The highest BCUT2D eigenvalue weighted by Gasteiger charge is 2.14. The monoisotopic (exact) mass is 395 g/mol. The lowest BCUT2D eigenvalue weighted by Crippen LogP contribution is -2.43. The number of benzene rings is 2. The van der Waals surface area contributed by atoms with E-state index in [1.807, 2.05) is 33.8 Å². The number of ether oxygens (including phenoxy) is 2. The van der Waals surface area contributed by atoms with Gasteiger partial charge in [0, 0.05) is 11.1 Å². The summed E-state index contributed by atoms with van der Waals surface area (Å²) in [6, 6.07) is 12.3. The largest absolute Gasteiger partial charge is 0.494 e. The Bertz CT molecular complexity index is 1080. The van der Waals surface area contributed by atoms with Gasteiger partial charge in [0.2, 0.25) is 0 Å². The van der Waals surface area contributed by atoms with Gasteiger partial charge in [0.1, 0.15) is 17.3 Å². The van der Waals surface area contributed by atoms with Crippen molar-refractivity contribution in [1.29, 1.82) is 0 Å². The van der Waals surface area contributed by atoms with Crippen molar-refractivity contribution in [1.82, 2.24) is 15.3 Å². The maximum atomic E-state index is 12.5. The van der Waals surface area contributed by atoms with E-state index in [2.05, 4.69) is 15.3 Å². The molecule has 0 aliphatic carbocycles. The third-order valence-corrected chi connectivity index (χ3v) is 3.98. The van der Waals surface area contributed by atoms with Crippen LogP contribution in [0.2, 0.25) is 0 Å². The molecule has 2 N–H and O–H groups in total. The fourth-order valence-electron chi connectivity index (χ4n) is 2.85. The van der Waals surface area contributed by atoms with E-state index in [4.69, 9.17) is 9.47 Å². The summed E-state index contributed by atoms with van der Waals surface area (Å²) in [7, 11) is 0. The highest BCUT2D eigenvalue weighted by molar-refractivity contribution is 5.81. The first-order valence-electron chi connectivity index (χ1n) is 9.46. The Hall–Kier alpha value is -3.35. The minimum Gasteiger partial charge on any atom is -0.494 e. The zero-order valence-electron chi connectivity index (χ0n) is 17.0. The average Bonchev–Trinajstić information content (AvgIpc) is 2.66. The van der Waals surface area contributed by atoms with Crippen molar-refractivity contribution in [3.63, 3.8) is 0 Å². The van der Waals surface area contributed by atoms with Crippen LogP contribution >= 0.6 is 0 Å². The molecule has 0 aliphatic rings. The summed E-state index contributed by atoms with van der Waals surface area (Å²) in [5.74, 6) is 1.37. The van der Waals surface area contributed by atoms with E-state index in [9.17, 15) is 9.59 Å². The molecular weight excluding hydrogens is 370 g/mol. The number of H-pyrrole nitrogens is 1. The van der Waals surface area contributed by atoms with Crippen molar-refractivity contribution in [2.24, 2.45) is 0 Å². The third-order valence-electron chi connectivity index (χ3n) is 3.98. The van der Waals surface area contributed by atoms with E-state index in [0.29, 0.717) is 40.4 Å². The average molecular weight is 395 g/mol. The second-order valence-corrected chi connectivity index (χ2v) is 7.64. The molecule has 0 bridgehead atoms. The van der Waals surface area contributed by atoms with Crippen molar-refractivity contribution in [3.05, 3.63) is 52.8 Å². The maximum absolute atomic E-state index is 12.5. The van der Waals surface area contributed by atoms with Crippen LogP contribution in [0.1, 0.15) is 27.7 Å². The van der Waals surface area contributed by atoms with Gasteiger partial charge in [-0.3, -0.25) is 9.59 Å². The lowest BCUT2D eigenvalue weighted by molar-refractivity contribution is -0.124. The fraction of sp³-hybridized carbons (Fsp3) is 0.318. The van der Waals surface area contributed by atoms with Crippen LogP contribution in [0.5, 0.6) is 11.5 Å². The van der Waals surface area contributed by atoms with Gasteiger partial charge in [0.15, 0.2) is 6.61 Å². The minimum atomic E-state index is -0.321. The number of aromatic amines is 1. The summed E-state index contributed by atoms with van der Waals surface area (Å²) in [5.41, 5.74) is 0.691. The molecule has 3 aromatic rings. The van der Waals surface area contributed by atoms with Crippen LogP contribution in [-0.2, 0) is 4.79 Å². The molecule has 0 saturated heterocycles. The maximum Gasteiger partial charge on any atom is 0.259 e. The Kier molecular flexibility index (Phi) is 5.87. The topological polar surface area (TPSA) is 93.3 Å². The molecule has 7 nitrogen and oxygen atoms in total. The highest BCUT2D eigenvalue weighted by atomic mass is 16.5. The van der Waals surface area contributed by atoms with Crippen molar-refractivity contribution in [2.75, 3.05) is 13.2 Å². The zero-order valence-corrected chi connectivity index (χ0v) is 17.0. The molecule has 0 unspecified atom stereocenters. The number of fused-ring (bicyclic) bond motifs is 1. The molecular formula is C22H25N3O4. The molecule has 1 amide bonds. The number of carbonyl (C=O) groups excluding carboxylic acids is 1. The first-order valence-corrected chi connectivity index (χ1v) is 9.46. The van der Waals surface area contributed by atoms with E-state index in [-0.39, 0.29) is 23.6 Å². The van der Waals surface area contributed by atoms with Gasteiger partial charge in [-0.1, -0.05) is 12.1 Å².